The summed E-state index contributed by atoms with van der Waals surface area (Å²) in [4.78, 5) is 25.1. The molecule has 1 aromatic heterocycles. The molecule has 0 unspecified atom stereocenters. The lowest BCUT2D eigenvalue weighted by Gasteiger charge is -2.44. The number of halogens is 3. The molecule has 0 radical (unpaired) electrons. The van der Waals surface area contributed by atoms with Crippen molar-refractivity contribution in [2.45, 2.75) is 63.9 Å². The summed E-state index contributed by atoms with van der Waals surface area (Å²) >= 11 is 0. The average molecular weight is 411 g/mol. The van der Waals surface area contributed by atoms with E-state index in [0.29, 0.717) is 18.5 Å². The van der Waals surface area contributed by atoms with Crippen LogP contribution in [-0.4, -0.2) is 34.4 Å². The van der Waals surface area contributed by atoms with E-state index in [-0.39, 0.29) is 40.8 Å². The first kappa shape index (κ1) is 21.3. The van der Waals surface area contributed by atoms with Gasteiger partial charge in [0.05, 0.1) is 22.2 Å². The van der Waals surface area contributed by atoms with E-state index in [0.717, 1.165) is 22.9 Å². The lowest BCUT2D eigenvalue weighted by Crippen LogP contribution is -2.55. The molecule has 1 fully saturated rings. The highest BCUT2D eigenvalue weighted by Gasteiger charge is 2.41. The molecule has 6 nitrogen and oxygen atoms in total. The van der Waals surface area contributed by atoms with Gasteiger partial charge in [0.25, 0.3) is 5.56 Å². The minimum atomic E-state index is -4.52. The van der Waals surface area contributed by atoms with Gasteiger partial charge in [-0.3, -0.25) is 9.59 Å². The second-order valence-electron chi connectivity index (χ2n) is 8.09. The molecule has 1 aromatic carbocycles. The molecule has 1 N–H and O–H groups in total. The van der Waals surface area contributed by atoms with Crippen LogP contribution >= 0.6 is 0 Å². The van der Waals surface area contributed by atoms with Crippen LogP contribution in [0.15, 0.2) is 23.0 Å². The van der Waals surface area contributed by atoms with Crippen molar-refractivity contribution in [1.29, 1.82) is 0 Å². The summed E-state index contributed by atoms with van der Waals surface area (Å²) in [6, 6.07) is 2.93. The summed E-state index contributed by atoms with van der Waals surface area (Å²) in [6.45, 7) is 5.21. The van der Waals surface area contributed by atoms with Gasteiger partial charge in [0, 0.05) is 18.5 Å². The van der Waals surface area contributed by atoms with Crippen molar-refractivity contribution in [1.82, 2.24) is 15.1 Å². The van der Waals surface area contributed by atoms with Gasteiger partial charge in [-0.15, -0.1) is 0 Å². The monoisotopic (exact) mass is 411 g/mol. The first-order valence-electron chi connectivity index (χ1n) is 9.40. The maximum absolute atomic E-state index is 13.1. The van der Waals surface area contributed by atoms with Gasteiger partial charge in [-0.05, 0) is 43.9 Å². The molecule has 1 amide bonds. The molecule has 158 valence electrons. The van der Waals surface area contributed by atoms with Crippen LogP contribution in [-0.2, 0) is 22.3 Å². The van der Waals surface area contributed by atoms with Gasteiger partial charge in [-0.25, -0.2) is 4.68 Å². The Morgan fingerprint density at radius 3 is 2.55 bits per heavy atom. The number of benzene rings is 1. The van der Waals surface area contributed by atoms with Crippen LogP contribution in [0.2, 0.25) is 0 Å². The zero-order valence-electron chi connectivity index (χ0n) is 16.8. The highest BCUT2D eigenvalue weighted by molar-refractivity contribution is 5.85. The van der Waals surface area contributed by atoms with E-state index >= 15 is 0 Å². The maximum atomic E-state index is 13.1. The van der Waals surface area contributed by atoms with Gasteiger partial charge >= 0.3 is 6.18 Å². The molecule has 2 aromatic rings. The van der Waals surface area contributed by atoms with Gasteiger partial charge in [0.15, 0.2) is 0 Å². The third-order valence-corrected chi connectivity index (χ3v) is 5.37. The summed E-state index contributed by atoms with van der Waals surface area (Å²) in [5, 5.41) is 7.32. The Kier molecular flexibility index (Phi) is 5.46. The number of alkyl halides is 3. The fourth-order valence-electron chi connectivity index (χ4n) is 3.68. The number of carbonyl (C=O) groups is 1. The first-order valence-corrected chi connectivity index (χ1v) is 9.40. The van der Waals surface area contributed by atoms with Crippen molar-refractivity contribution >= 4 is 16.7 Å². The fourth-order valence-corrected chi connectivity index (χ4v) is 3.68. The van der Waals surface area contributed by atoms with Crippen LogP contribution in [0.25, 0.3) is 10.8 Å². The van der Waals surface area contributed by atoms with Crippen LogP contribution in [0.4, 0.5) is 13.2 Å². The van der Waals surface area contributed by atoms with Crippen LogP contribution < -0.4 is 10.9 Å². The van der Waals surface area contributed by atoms with E-state index < -0.39 is 17.3 Å². The molecule has 0 bridgehead atoms. The van der Waals surface area contributed by atoms with Crippen molar-refractivity contribution in [3.05, 3.63) is 39.8 Å². The van der Waals surface area contributed by atoms with E-state index in [2.05, 4.69) is 10.4 Å². The minimum absolute atomic E-state index is 0.0393. The molecule has 1 aliphatic rings. The third-order valence-electron chi connectivity index (χ3n) is 5.37. The first-order chi connectivity index (χ1) is 13.4. The number of carbonyl (C=O) groups excluding carboxylic acids is 1. The fraction of sp³-hybridized carbons (Fsp3) is 0.550. The Morgan fingerprint density at radius 2 is 2.00 bits per heavy atom. The smallest absolute Gasteiger partial charge is 0.378 e. The summed E-state index contributed by atoms with van der Waals surface area (Å²) in [7, 11) is 1.62. The van der Waals surface area contributed by atoms with Crippen molar-refractivity contribution < 1.29 is 22.7 Å². The maximum Gasteiger partial charge on any atom is 0.416 e. The zero-order chi connectivity index (χ0) is 21.6. The van der Waals surface area contributed by atoms with Crippen LogP contribution in [0.1, 0.15) is 50.8 Å². The highest BCUT2D eigenvalue weighted by Crippen LogP contribution is 2.35. The van der Waals surface area contributed by atoms with Crippen LogP contribution in [0.5, 0.6) is 0 Å². The van der Waals surface area contributed by atoms with Crippen molar-refractivity contribution in [2.24, 2.45) is 0 Å². The lowest BCUT2D eigenvalue weighted by molar-refractivity contribution is -0.137. The number of hydrogen-bond acceptors (Lipinski definition) is 4. The minimum Gasteiger partial charge on any atom is -0.378 e. The molecule has 29 heavy (non-hydrogen) atoms. The summed E-state index contributed by atoms with van der Waals surface area (Å²) in [5.41, 5.74) is -1.34. The summed E-state index contributed by atoms with van der Waals surface area (Å²) in [5.74, 6) is -0.603. The van der Waals surface area contributed by atoms with Crippen LogP contribution in [0.3, 0.4) is 0 Å². The number of methoxy groups -OCH3 is 1. The average Bonchev–Trinajstić information content (AvgIpc) is 2.61. The Bertz CT molecular complexity index is 992. The van der Waals surface area contributed by atoms with Crippen LogP contribution in [0, 0.1) is 0 Å². The second kappa shape index (κ2) is 7.44. The largest absolute Gasteiger partial charge is 0.416 e. The predicted molar refractivity (Wildman–Crippen MR) is 102 cm³/mol. The van der Waals surface area contributed by atoms with E-state index in [9.17, 15) is 22.8 Å². The number of aromatic nitrogens is 2. The molecule has 0 aliphatic heterocycles. The molecule has 0 saturated heterocycles. The van der Waals surface area contributed by atoms with Gasteiger partial charge < -0.3 is 10.1 Å². The molecule has 1 heterocycles. The molecule has 9 heteroatoms. The van der Waals surface area contributed by atoms with Gasteiger partial charge in [0.1, 0.15) is 6.54 Å². The van der Waals surface area contributed by atoms with Gasteiger partial charge in [0.2, 0.25) is 5.91 Å². The van der Waals surface area contributed by atoms with Crippen molar-refractivity contribution in [2.75, 3.05) is 7.11 Å². The van der Waals surface area contributed by atoms with Crippen molar-refractivity contribution in [3.8, 4) is 0 Å². The summed E-state index contributed by atoms with van der Waals surface area (Å²) in [6.07, 6.45) is -3.17. The Morgan fingerprint density at radius 1 is 1.34 bits per heavy atom. The number of amides is 1. The predicted octanol–water partition coefficient (Wildman–Crippen LogP) is 3.22. The SMILES string of the molecule is CO[C@]1(C)C[C@H](NC(=O)Cn2nc(C(C)C)c3cc(C(F)(F)F)ccc3c2=O)C1. The van der Waals surface area contributed by atoms with Crippen molar-refractivity contribution in [3.63, 3.8) is 0 Å². The van der Waals surface area contributed by atoms with E-state index in [4.69, 9.17) is 4.74 Å². The van der Waals surface area contributed by atoms with Gasteiger partial charge in [-0.2, -0.15) is 18.3 Å². The molecule has 1 aliphatic carbocycles. The number of ether oxygens (including phenoxy) is 1. The molecule has 1 saturated carbocycles. The van der Waals surface area contributed by atoms with E-state index in [1.165, 1.54) is 0 Å². The highest BCUT2D eigenvalue weighted by atomic mass is 19.4. The standard InChI is InChI=1S/C20H24F3N3O3/c1-11(2)17-15-7-12(20(21,22)23)5-6-14(15)18(28)26(25-17)10-16(27)24-13-8-19(3,9-13)29-4/h5-7,11,13H,8-10H2,1-4H3,(H,24,27)/t13-,19+. The third kappa shape index (κ3) is 4.29. The Hall–Kier alpha value is -2.42. The van der Waals surface area contributed by atoms with Gasteiger partial charge in [-0.1, -0.05) is 13.8 Å². The Labute approximate surface area is 166 Å². The normalized spacial score (nSPS) is 22.0. The number of hydrogen-bond donors (Lipinski definition) is 1. The quantitative estimate of drug-likeness (QED) is 0.820. The summed E-state index contributed by atoms with van der Waals surface area (Å²) < 4.78 is 45.6. The van der Waals surface area contributed by atoms with E-state index in [1.54, 1.807) is 21.0 Å². The Balaban J connectivity index is 1.90. The van der Waals surface area contributed by atoms with E-state index in [1.807, 2.05) is 6.92 Å². The zero-order valence-corrected chi connectivity index (χ0v) is 16.8. The molecule has 0 spiro atoms. The molecular formula is C20H24F3N3O3. The number of nitrogens with one attached hydrogen (secondary N) is 1. The number of nitrogens with zero attached hydrogens (tertiary/aromatic N) is 2. The molecular weight excluding hydrogens is 387 g/mol. The number of fused-ring (bicyclic) bond motifs is 1. The second-order valence-corrected chi connectivity index (χ2v) is 8.09. The molecule has 0 atom stereocenters. The lowest BCUT2D eigenvalue weighted by atomic mass is 9.77. The number of rotatable bonds is 5. The molecule has 3 rings (SSSR count). The topological polar surface area (TPSA) is 73.2 Å².